The molecule has 2 amide bonds. The van der Waals surface area contributed by atoms with Crippen LogP contribution in [0.5, 0.6) is 0 Å². The van der Waals surface area contributed by atoms with Crippen molar-refractivity contribution in [3.8, 4) is 0 Å². The van der Waals surface area contributed by atoms with E-state index < -0.39 is 31.0 Å². The highest BCUT2D eigenvalue weighted by molar-refractivity contribution is 5.89. The zero-order valence-electron chi connectivity index (χ0n) is 19.7. The van der Waals surface area contributed by atoms with Crippen molar-refractivity contribution in [2.45, 2.75) is 76.5 Å². The molecule has 2 aromatic rings. The first kappa shape index (κ1) is 24.6. The molecule has 1 fully saturated rings. The summed E-state index contributed by atoms with van der Waals surface area (Å²) in [7, 11) is 0. The molecule has 0 aromatic heterocycles. The second-order valence-electron chi connectivity index (χ2n) is 10.1. The van der Waals surface area contributed by atoms with Crippen LogP contribution >= 0.6 is 0 Å². The van der Waals surface area contributed by atoms with E-state index in [4.69, 9.17) is 0 Å². The smallest absolute Gasteiger partial charge is 0.319 e. The minimum absolute atomic E-state index is 0.0366. The molecule has 7 N–H and O–H groups in total. The van der Waals surface area contributed by atoms with Crippen LogP contribution in [-0.2, 0) is 12.0 Å². The maximum Gasteiger partial charge on any atom is 0.319 e. The van der Waals surface area contributed by atoms with E-state index in [0.717, 1.165) is 5.56 Å². The lowest BCUT2D eigenvalue weighted by Gasteiger charge is -2.40. The largest absolute Gasteiger partial charge is 0.379 e. The van der Waals surface area contributed by atoms with Crippen LogP contribution in [0.25, 0.3) is 0 Å². The van der Waals surface area contributed by atoms with Crippen molar-refractivity contribution in [1.29, 1.82) is 0 Å². The maximum absolute atomic E-state index is 12.4. The van der Waals surface area contributed by atoms with Crippen LogP contribution in [0, 0.1) is 0 Å². The zero-order chi connectivity index (χ0) is 24.6. The van der Waals surface area contributed by atoms with Gasteiger partial charge in [0.2, 0.25) is 0 Å². The Morgan fingerprint density at radius 2 is 1.68 bits per heavy atom. The van der Waals surface area contributed by atoms with Crippen molar-refractivity contribution >= 4 is 11.7 Å². The number of aliphatic hydroxyl groups excluding tert-OH is 4. The first-order chi connectivity index (χ1) is 16.0. The number of amides is 2. The molecule has 2 aromatic carbocycles. The summed E-state index contributed by atoms with van der Waals surface area (Å²) < 4.78 is 0. The predicted molar refractivity (Wildman–Crippen MR) is 127 cm³/mol. The summed E-state index contributed by atoms with van der Waals surface area (Å²) in [5, 5.41) is 49.9. The fourth-order valence-electron chi connectivity index (χ4n) is 4.61. The number of piperidine rings is 1. The van der Waals surface area contributed by atoms with E-state index >= 15 is 0 Å². The Morgan fingerprint density at radius 1 is 1.00 bits per heavy atom. The number of fused-ring (bicyclic) bond motifs is 1. The number of carbonyl (C=O) groups excluding carboxylic acids is 1. The van der Waals surface area contributed by atoms with Crippen LogP contribution in [0.3, 0.4) is 0 Å². The van der Waals surface area contributed by atoms with Crippen molar-refractivity contribution in [2.24, 2.45) is 0 Å². The molecule has 0 aliphatic carbocycles. The highest BCUT2D eigenvalue weighted by Crippen LogP contribution is 2.42. The van der Waals surface area contributed by atoms with Gasteiger partial charge in [0, 0.05) is 23.4 Å². The Labute approximate surface area is 199 Å². The van der Waals surface area contributed by atoms with Gasteiger partial charge in [0.05, 0.1) is 6.04 Å². The summed E-state index contributed by atoms with van der Waals surface area (Å²) in [6, 6.07) is 12.1. The number of anilines is 1. The van der Waals surface area contributed by atoms with Gasteiger partial charge in [-0.2, -0.15) is 0 Å². The molecule has 9 nitrogen and oxygen atoms in total. The Hall–Kier alpha value is -2.53. The molecular weight excluding hydrogens is 436 g/mol. The van der Waals surface area contributed by atoms with Crippen molar-refractivity contribution < 1.29 is 25.2 Å². The number of nitrogens with one attached hydrogen (secondary N) is 3. The second kappa shape index (κ2) is 9.61. The van der Waals surface area contributed by atoms with Crippen molar-refractivity contribution in [2.75, 3.05) is 5.32 Å². The van der Waals surface area contributed by atoms with Gasteiger partial charge < -0.3 is 31.1 Å². The predicted octanol–water partition coefficient (Wildman–Crippen LogP) is 1.99. The van der Waals surface area contributed by atoms with Gasteiger partial charge in [0.1, 0.15) is 24.9 Å². The molecule has 1 saturated heterocycles. The molecule has 0 spiro atoms. The van der Waals surface area contributed by atoms with E-state index in [1.807, 2.05) is 24.3 Å². The zero-order valence-corrected chi connectivity index (χ0v) is 19.7. The number of aliphatic hydroxyl groups is 4. The Kier molecular flexibility index (Phi) is 6.95. The van der Waals surface area contributed by atoms with Gasteiger partial charge in [-0.15, -0.1) is 0 Å². The third-order valence-corrected chi connectivity index (χ3v) is 6.58. The Morgan fingerprint density at radius 3 is 2.32 bits per heavy atom. The van der Waals surface area contributed by atoms with Gasteiger partial charge in [0.25, 0.3) is 0 Å². The average Bonchev–Trinajstić information content (AvgIpc) is 3.02. The lowest BCUT2D eigenvalue weighted by atomic mass is 9.87. The summed E-state index contributed by atoms with van der Waals surface area (Å²) in [5.74, 6) is 0. The first-order valence-corrected chi connectivity index (χ1v) is 11.6. The van der Waals surface area contributed by atoms with Gasteiger partial charge in [-0.25, -0.2) is 9.69 Å². The summed E-state index contributed by atoms with van der Waals surface area (Å²) in [5.41, 5.74) is 3.76. The maximum atomic E-state index is 12.4. The Bertz CT molecular complexity index is 1020. The normalized spacial score (nSPS) is 27.3. The summed E-state index contributed by atoms with van der Waals surface area (Å²) in [6.07, 6.45) is -3.27. The highest BCUT2D eigenvalue weighted by Gasteiger charge is 2.44. The quantitative estimate of drug-likeness (QED) is 0.363. The van der Waals surface area contributed by atoms with Crippen LogP contribution in [-0.4, -0.2) is 49.9 Å². The highest BCUT2D eigenvalue weighted by atomic mass is 16.3. The Balaban J connectivity index is 1.38. The molecule has 5 unspecified atom stereocenters. The molecule has 2 aliphatic rings. The molecule has 2 aliphatic heterocycles. The van der Waals surface area contributed by atoms with E-state index in [9.17, 15) is 25.2 Å². The van der Waals surface area contributed by atoms with Crippen LogP contribution in [0.15, 0.2) is 42.5 Å². The second-order valence-corrected chi connectivity index (χ2v) is 10.1. The molecule has 34 heavy (non-hydrogen) atoms. The summed E-state index contributed by atoms with van der Waals surface area (Å²) in [4.78, 5) is 13.8. The summed E-state index contributed by atoms with van der Waals surface area (Å²) in [6.45, 7) is 6.63. The third kappa shape index (κ3) is 5.10. The van der Waals surface area contributed by atoms with Crippen molar-refractivity contribution in [3.63, 3.8) is 0 Å². The molecule has 0 saturated carbocycles. The molecule has 5 atom stereocenters. The van der Waals surface area contributed by atoms with E-state index in [0.29, 0.717) is 29.7 Å². The first-order valence-electron chi connectivity index (χ1n) is 11.6. The number of benzene rings is 2. The van der Waals surface area contributed by atoms with Crippen LogP contribution in [0.2, 0.25) is 0 Å². The van der Waals surface area contributed by atoms with Crippen molar-refractivity contribution in [3.05, 3.63) is 64.7 Å². The van der Waals surface area contributed by atoms with Crippen LogP contribution in [0.1, 0.15) is 68.3 Å². The fourth-order valence-corrected chi connectivity index (χ4v) is 4.61. The number of carbonyl (C=O) groups is 1. The lowest BCUT2D eigenvalue weighted by molar-refractivity contribution is -0.159. The van der Waals surface area contributed by atoms with E-state index in [-0.39, 0.29) is 18.0 Å². The molecule has 0 bridgehead atoms. The molecule has 4 rings (SSSR count). The number of nitrogens with zero attached hydrogens (tertiary/aromatic N) is 1. The molecule has 9 heteroatoms. The monoisotopic (exact) mass is 470 g/mol. The van der Waals surface area contributed by atoms with Crippen LogP contribution < -0.4 is 16.0 Å². The van der Waals surface area contributed by atoms with Gasteiger partial charge in [-0.3, -0.25) is 5.32 Å². The third-order valence-electron chi connectivity index (χ3n) is 6.58. The minimum Gasteiger partial charge on any atom is -0.379 e. The number of urea groups is 1. The van der Waals surface area contributed by atoms with E-state index in [1.165, 1.54) is 10.5 Å². The van der Waals surface area contributed by atoms with Gasteiger partial charge >= 0.3 is 6.03 Å². The number of rotatable bonds is 4. The SMILES string of the molecule is CC(C)(C)c1ccc(NC(=O)NCc2ccc3c(c2)C(O)N(C2CCC(O)NC2O)C3O)cc1. The standard InChI is InChI=1S/C25H34N4O5/c1-25(2,3)15-5-7-16(8-6-15)27-24(34)26-13-14-4-9-17-18(12-14)23(33)29(22(17)32)19-10-11-20(30)28-21(19)31/h4-9,12,19-23,28,30-33H,10-11,13H2,1-3H3,(H2,26,27,34). The van der Waals surface area contributed by atoms with E-state index in [2.05, 4.69) is 36.7 Å². The number of hydrogen-bond acceptors (Lipinski definition) is 7. The molecule has 184 valence electrons. The average molecular weight is 471 g/mol. The van der Waals surface area contributed by atoms with Gasteiger partial charge in [-0.1, -0.05) is 45.0 Å². The molecular formula is C25H34N4O5. The van der Waals surface area contributed by atoms with Gasteiger partial charge in [-0.05, 0) is 47.6 Å². The van der Waals surface area contributed by atoms with E-state index in [1.54, 1.807) is 18.2 Å². The topological polar surface area (TPSA) is 137 Å². The van der Waals surface area contributed by atoms with Gasteiger partial charge in [0.15, 0.2) is 0 Å². The lowest BCUT2D eigenvalue weighted by Crippen LogP contribution is -2.57. The molecule has 2 heterocycles. The summed E-state index contributed by atoms with van der Waals surface area (Å²) >= 11 is 0. The number of hydrogen-bond donors (Lipinski definition) is 7. The minimum atomic E-state index is -1.11. The van der Waals surface area contributed by atoms with Crippen LogP contribution in [0.4, 0.5) is 10.5 Å². The van der Waals surface area contributed by atoms with Crippen molar-refractivity contribution in [1.82, 2.24) is 15.5 Å². The molecule has 0 radical (unpaired) electrons. The fraction of sp³-hybridized carbons (Fsp3) is 0.480.